The van der Waals surface area contributed by atoms with Gasteiger partial charge in [0.05, 0.1) is 5.56 Å². The van der Waals surface area contributed by atoms with Crippen molar-refractivity contribution in [2.75, 3.05) is 11.9 Å². The number of alkyl halides is 3. The molecule has 0 spiro atoms. The molecule has 0 aliphatic carbocycles. The summed E-state index contributed by atoms with van der Waals surface area (Å²) < 4.78 is 38.7. The van der Waals surface area contributed by atoms with E-state index in [9.17, 15) is 22.8 Å². The molecule has 0 aliphatic heterocycles. The number of nitrogens with one attached hydrogen (secondary N) is 2. The molecule has 0 aromatic heterocycles. The average Bonchev–Trinajstić information content (AvgIpc) is 2.36. The highest BCUT2D eigenvalue weighted by molar-refractivity contribution is 5.97. The largest absolute Gasteiger partial charge is 0.416 e. The summed E-state index contributed by atoms with van der Waals surface area (Å²) in [5.74, 6) is -1.24. The molecule has 4 N–H and O–H groups in total. The van der Waals surface area contributed by atoms with Crippen LogP contribution < -0.4 is 16.4 Å². The van der Waals surface area contributed by atoms with Crippen LogP contribution in [-0.4, -0.2) is 23.9 Å². The maximum absolute atomic E-state index is 12.9. The number of carbonyl (C=O) groups excluding carboxylic acids is 2. The third-order valence-corrected chi connectivity index (χ3v) is 2.81. The molecule has 22 heavy (non-hydrogen) atoms. The van der Waals surface area contributed by atoms with E-state index in [4.69, 9.17) is 5.73 Å². The van der Waals surface area contributed by atoms with Crippen molar-refractivity contribution in [3.05, 3.63) is 29.3 Å². The molecule has 0 radical (unpaired) electrons. The lowest BCUT2D eigenvalue weighted by molar-refractivity contribution is -0.137. The quantitative estimate of drug-likeness (QED) is 0.795. The van der Waals surface area contributed by atoms with Gasteiger partial charge >= 0.3 is 6.18 Å². The molecule has 0 saturated heterocycles. The highest BCUT2D eigenvalue weighted by atomic mass is 19.4. The number of nitrogens with two attached hydrogens (primary N) is 1. The van der Waals surface area contributed by atoms with E-state index >= 15 is 0 Å². The van der Waals surface area contributed by atoms with Gasteiger partial charge in [0, 0.05) is 30.3 Å². The molecular weight excluding hydrogens is 299 g/mol. The van der Waals surface area contributed by atoms with E-state index in [-0.39, 0.29) is 17.8 Å². The van der Waals surface area contributed by atoms with Gasteiger partial charge in [0.15, 0.2) is 0 Å². The number of hydrogen-bond acceptors (Lipinski definition) is 3. The topological polar surface area (TPSA) is 84.2 Å². The monoisotopic (exact) mass is 317 g/mol. The molecule has 5 nitrogen and oxygen atoms in total. The SMILES string of the molecule is CC(=O)Nc1cc(C(=O)NC(C)(C)CN)cc(C(F)(F)F)c1. The second-order valence-electron chi connectivity index (χ2n) is 5.52. The highest BCUT2D eigenvalue weighted by Gasteiger charge is 2.32. The lowest BCUT2D eigenvalue weighted by Gasteiger charge is -2.24. The summed E-state index contributed by atoms with van der Waals surface area (Å²) in [4.78, 5) is 23.1. The van der Waals surface area contributed by atoms with E-state index in [1.807, 2.05) is 0 Å². The summed E-state index contributed by atoms with van der Waals surface area (Å²) in [6, 6.07) is 2.68. The van der Waals surface area contributed by atoms with Crippen LogP contribution in [0.25, 0.3) is 0 Å². The predicted octanol–water partition coefficient (Wildman–Crippen LogP) is 2.13. The second kappa shape index (κ2) is 6.35. The molecule has 0 unspecified atom stereocenters. The van der Waals surface area contributed by atoms with E-state index in [2.05, 4.69) is 10.6 Å². The molecule has 122 valence electrons. The van der Waals surface area contributed by atoms with Crippen LogP contribution >= 0.6 is 0 Å². The van der Waals surface area contributed by atoms with E-state index in [0.717, 1.165) is 19.1 Å². The summed E-state index contributed by atoms with van der Waals surface area (Å²) in [5, 5.41) is 4.78. The molecule has 1 aromatic rings. The highest BCUT2D eigenvalue weighted by Crippen LogP contribution is 2.32. The Morgan fingerprint density at radius 3 is 2.23 bits per heavy atom. The van der Waals surface area contributed by atoms with Crippen molar-refractivity contribution in [1.82, 2.24) is 5.32 Å². The third kappa shape index (κ3) is 5.03. The molecule has 0 heterocycles. The number of carbonyl (C=O) groups is 2. The van der Waals surface area contributed by atoms with Crippen LogP contribution in [0.15, 0.2) is 18.2 Å². The maximum atomic E-state index is 12.9. The van der Waals surface area contributed by atoms with Gasteiger partial charge in [-0.2, -0.15) is 13.2 Å². The van der Waals surface area contributed by atoms with Crippen LogP contribution in [0.5, 0.6) is 0 Å². The molecule has 0 fully saturated rings. The summed E-state index contributed by atoms with van der Waals surface area (Å²) in [7, 11) is 0. The molecule has 0 bridgehead atoms. The first-order valence-electron chi connectivity index (χ1n) is 6.47. The molecule has 0 atom stereocenters. The summed E-state index contributed by atoms with van der Waals surface area (Å²) in [5.41, 5.74) is 3.39. The molecular formula is C14H18F3N3O2. The van der Waals surface area contributed by atoms with Gasteiger partial charge in [-0.15, -0.1) is 0 Å². The number of hydrogen-bond donors (Lipinski definition) is 3. The zero-order chi connectivity index (χ0) is 17.1. The van der Waals surface area contributed by atoms with Crippen LogP contribution in [-0.2, 0) is 11.0 Å². The summed E-state index contributed by atoms with van der Waals surface area (Å²) in [6.45, 7) is 4.58. The summed E-state index contributed by atoms with van der Waals surface area (Å²) in [6.07, 6.45) is -4.63. The van der Waals surface area contributed by atoms with Gasteiger partial charge in [-0.1, -0.05) is 0 Å². The Morgan fingerprint density at radius 1 is 1.18 bits per heavy atom. The van der Waals surface area contributed by atoms with Crippen LogP contribution in [0.1, 0.15) is 36.7 Å². The average molecular weight is 317 g/mol. The standard InChI is InChI=1S/C14H18F3N3O2/c1-8(21)19-11-5-9(4-10(6-11)14(15,16)17)12(22)20-13(2,3)7-18/h4-6H,7,18H2,1-3H3,(H,19,21)(H,20,22). The van der Waals surface area contributed by atoms with E-state index < -0.39 is 29.1 Å². The molecule has 1 aromatic carbocycles. The van der Waals surface area contributed by atoms with Crippen molar-refractivity contribution in [2.45, 2.75) is 32.5 Å². The first-order valence-corrected chi connectivity index (χ1v) is 6.47. The molecule has 2 amide bonds. The van der Waals surface area contributed by atoms with Gasteiger partial charge in [0.2, 0.25) is 5.91 Å². The van der Waals surface area contributed by atoms with Crippen LogP contribution in [0.4, 0.5) is 18.9 Å². The van der Waals surface area contributed by atoms with Crippen molar-refractivity contribution in [3.63, 3.8) is 0 Å². The Kier molecular flexibility index (Phi) is 5.18. The lowest BCUT2D eigenvalue weighted by atomic mass is 10.0. The smallest absolute Gasteiger partial charge is 0.346 e. The van der Waals surface area contributed by atoms with Gasteiger partial charge in [-0.3, -0.25) is 9.59 Å². The number of halogens is 3. The number of benzene rings is 1. The van der Waals surface area contributed by atoms with Gasteiger partial charge in [0.25, 0.3) is 5.91 Å². The Bertz CT molecular complexity index is 583. The number of amides is 2. The fourth-order valence-corrected chi connectivity index (χ4v) is 1.63. The van der Waals surface area contributed by atoms with E-state index in [1.165, 1.54) is 6.07 Å². The van der Waals surface area contributed by atoms with E-state index in [1.54, 1.807) is 13.8 Å². The van der Waals surface area contributed by atoms with Crippen molar-refractivity contribution in [1.29, 1.82) is 0 Å². The second-order valence-corrected chi connectivity index (χ2v) is 5.52. The van der Waals surface area contributed by atoms with Gasteiger partial charge in [0.1, 0.15) is 0 Å². The fraction of sp³-hybridized carbons (Fsp3) is 0.429. The Hall–Kier alpha value is -2.09. The van der Waals surface area contributed by atoms with Gasteiger partial charge < -0.3 is 16.4 Å². The predicted molar refractivity (Wildman–Crippen MR) is 76.3 cm³/mol. The van der Waals surface area contributed by atoms with Crippen molar-refractivity contribution in [3.8, 4) is 0 Å². The molecule has 0 saturated carbocycles. The minimum absolute atomic E-state index is 0.0990. The number of rotatable bonds is 4. The molecule has 1 rings (SSSR count). The Morgan fingerprint density at radius 2 is 1.77 bits per heavy atom. The van der Waals surface area contributed by atoms with Crippen molar-refractivity contribution in [2.24, 2.45) is 5.73 Å². The third-order valence-electron chi connectivity index (χ3n) is 2.81. The van der Waals surface area contributed by atoms with Crippen LogP contribution in [0, 0.1) is 0 Å². The van der Waals surface area contributed by atoms with Crippen LogP contribution in [0.3, 0.4) is 0 Å². The van der Waals surface area contributed by atoms with E-state index in [0.29, 0.717) is 0 Å². The lowest BCUT2D eigenvalue weighted by Crippen LogP contribution is -2.48. The zero-order valence-electron chi connectivity index (χ0n) is 12.5. The first kappa shape index (κ1) is 18.0. The van der Waals surface area contributed by atoms with Gasteiger partial charge in [-0.25, -0.2) is 0 Å². The normalized spacial score (nSPS) is 12.0. The summed E-state index contributed by atoms with van der Waals surface area (Å²) >= 11 is 0. The first-order chi connectivity index (χ1) is 9.94. The zero-order valence-corrected chi connectivity index (χ0v) is 12.5. The van der Waals surface area contributed by atoms with Crippen molar-refractivity contribution < 1.29 is 22.8 Å². The minimum atomic E-state index is -4.63. The van der Waals surface area contributed by atoms with Crippen LogP contribution in [0.2, 0.25) is 0 Å². The molecule has 8 heteroatoms. The maximum Gasteiger partial charge on any atom is 0.416 e. The number of anilines is 1. The fourth-order valence-electron chi connectivity index (χ4n) is 1.63. The Balaban J connectivity index is 3.23. The minimum Gasteiger partial charge on any atom is -0.346 e. The van der Waals surface area contributed by atoms with Gasteiger partial charge in [-0.05, 0) is 32.0 Å². The Labute approximate surface area is 126 Å². The van der Waals surface area contributed by atoms with Crippen molar-refractivity contribution >= 4 is 17.5 Å². The molecule has 0 aliphatic rings.